The van der Waals surface area contributed by atoms with Gasteiger partial charge < -0.3 is 15.4 Å². The molecular weight excluding hydrogens is 384 g/mol. The molecule has 0 bridgehead atoms. The Morgan fingerprint density at radius 2 is 1.83 bits per heavy atom. The Bertz CT molecular complexity index is 1070. The van der Waals surface area contributed by atoms with E-state index in [0.29, 0.717) is 34.2 Å². The fraction of sp³-hybridized carbons (Fsp3) is 0.130. The van der Waals surface area contributed by atoms with Crippen molar-refractivity contribution in [1.82, 2.24) is 0 Å². The number of hydrogen-bond donors (Lipinski definition) is 2. The predicted molar refractivity (Wildman–Crippen MR) is 117 cm³/mol. The van der Waals surface area contributed by atoms with Crippen molar-refractivity contribution in [3.05, 3.63) is 83.4 Å². The quantitative estimate of drug-likeness (QED) is 0.611. The lowest BCUT2D eigenvalue weighted by Gasteiger charge is -2.10. The number of nitrogens with one attached hydrogen (secondary N) is 2. The Balaban J connectivity index is 1.42. The standard InChI is InChI=1S/C23H20N2O3S/c1-15-7-9-21-19(11-15)25-23(27)18-12-17(8-10-20(18)28-21)24-22(26)14-29-13-16-5-3-2-4-6-16/h2-12H,13-14H2,1H3,(H,24,26)(H,25,27). The second kappa shape index (κ2) is 8.41. The number of ether oxygens (including phenoxy) is 1. The zero-order chi connectivity index (χ0) is 20.2. The lowest BCUT2D eigenvalue weighted by atomic mass is 10.1. The Morgan fingerprint density at radius 3 is 2.66 bits per heavy atom. The number of carbonyl (C=O) groups is 2. The van der Waals surface area contributed by atoms with Crippen LogP contribution in [0.25, 0.3) is 0 Å². The van der Waals surface area contributed by atoms with Gasteiger partial charge in [0.25, 0.3) is 5.91 Å². The first-order valence-corrected chi connectivity index (χ1v) is 10.4. The van der Waals surface area contributed by atoms with Crippen LogP contribution in [0.2, 0.25) is 0 Å². The highest BCUT2D eigenvalue weighted by atomic mass is 32.2. The minimum absolute atomic E-state index is 0.111. The van der Waals surface area contributed by atoms with Crippen molar-refractivity contribution >= 4 is 35.0 Å². The summed E-state index contributed by atoms with van der Waals surface area (Å²) in [7, 11) is 0. The maximum Gasteiger partial charge on any atom is 0.259 e. The molecule has 1 aliphatic heterocycles. The molecule has 0 fully saturated rings. The first-order chi connectivity index (χ1) is 14.1. The lowest BCUT2D eigenvalue weighted by molar-refractivity contribution is -0.113. The van der Waals surface area contributed by atoms with Crippen molar-refractivity contribution in [3.8, 4) is 11.5 Å². The minimum atomic E-state index is -0.265. The van der Waals surface area contributed by atoms with Gasteiger partial charge in [0.05, 0.1) is 17.0 Å². The summed E-state index contributed by atoms with van der Waals surface area (Å²) in [5, 5.41) is 5.73. The van der Waals surface area contributed by atoms with E-state index in [9.17, 15) is 9.59 Å². The smallest absolute Gasteiger partial charge is 0.259 e. The summed E-state index contributed by atoms with van der Waals surface area (Å²) in [6, 6.07) is 20.7. The van der Waals surface area contributed by atoms with Gasteiger partial charge in [-0.15, -0.1) is 11.8 Å². The van der Waals surface area contributed by atoms with Crippen LogP contribution in [-0.4, -0.2) is 17.6 Å². The van der Waals surface area contributed by atoms with Gasteiger partial charge in [0, 0.05) is 11.4 Å². The molecule has 2 N–H and O–H groups in total. The van der Waals surface area contributed by atoms with Gasteiger partial charge in [0.2, 0.25) is 5.91 Å². The highest BCUT2D eigenvalue weighted by Gasteiger charge is 2.21. The molecule has 1 aliphatic rings. The number of rotatable bonds is 5. The van der Waals surface area contributed by atoms with Crippen molar-refractivity contribution < 1.29 is 14.3 Å². The second-order valence-electron chi connectivity index (χ2n) is 6.79. The van der Waals surface area contributed by atoms with Gasteiger partial charge in [-0.1, -0.05) is 36.4 Å². The molecule has 3 aromatic carbocycles. The van der Waals surface area contributed by atoms with E-state index in [4.69, 9.17) is 4.74 Å². The van der Waals surface area contributed by atoms with Gasteiger partial charge in [0.15, 0.2) is 5.75 Å². The van der Waals surface area contributed by atoms with Gasteiger partial charge in [-0.05, 0) is 48.4 Å². The van der Waals surface area contributed by atoms with Crippen LogP contribution in [0, 0.1) is 6.92 Å². The van der Waals surface area contributed by atoms with Crippen LogP contribution < -0.4 is 15.4 Å². The topological polar surface area (TPSA) is 67.4 Å². The van der Waals surface area contributed by atoms with E-state index in [1.54, 1.807) is 30.0 Å². The van der Waals surface area contributed by atoms with Crippen LogP contribution in [-0.2, 0) is 10.5 Å². The molecule has 0 saturated heterocycles. The van der Waals surface area contributed by atoms with Gasteiger partial charge in [-0.3, -0.25) is 9.59 Å². The molecule has 1 heterocycles. The monoisotopic (exact) mass is 404 g/mol. The summed E-state index contributed by atoms with van der Waals surface area (Å²) < 4.78 is 5.90. The van der Waals surface area contributed by atoms with E-state index in [0.717, 1.165) is 11.3 Å². The van der Waals surface area contributed by atoms with E-state index in [1.807, 2.05) is 55.5 Å². The van der Waals surface area contributed by atoms with Crippen LogP contribution in [0.1, 0.15) is 21.5 Å². The normalized spacial score (nSPS) is 12.1. The van der Waals surface area contributed by atoms with Crippen molar-refractivity contribution in [2.45, 2.75) is 12.7 Å². The molecule has 2 amide bonds. The summed E-state index contributed by atoms with van der Waals surface area (Å²) in [4.78, 5) is 24.9. The van der Waals surface area contributed by atoms with Gasteiger partial charge in [-0.2, -0.15) is 0 Å². The number of benzene rings is 3. The van der Waals surface area contributed by atoms with E-state index >= 15 is 0 Å². The summed E-state index contributed by atoms with van der Waals surface area (Å²) >= 11 is 1.54. The Kier molecular flexibility index (Phi) is 5.53. The zero-order valence-corrected chi connectivity index (χ0v) is 16.7. The first-order valence-electron chi connectivity index (χ1n) is 9.24. The third-order valence-corrected chi connectivity index (χ3v) is 5.46. The molecule has 0 saturated carbocycles. The highest BCUT2D eigenvalue weighted by Crippen LogP contribution is 2.37. The van der Waals surface area contributed by atoms with Gasteiger partial charge in [0.1, 0.15) is 5.75 Å². The summed E-state index contributed by atoms with van der Waals surface area (Å²) in [5.74, 6) is 1.78. The highest BCUT2D eigenvalue weighted by molar-refractivity contribution is 7.99. The van der Waals surface area contributed by atoms with Crippen molar-refractivity contribution in [1.29, 1.82) is 0 Å². The average Bonchev–Trinajstić information content (AvgIpc) is 2.84. The molecule has 146 valence electrons. The number of amides is 2. The first kappa shape index (κ1) is 19.1. The Hall–Kier alpha value is -3.25. The molecule has 4 rings (SSSR count). The zero-order valence-electron chi connectivity index (χ0n) is 15.9. The van der Waals surface area contributed by atoms with Gasteiger partial charge in [-0.25, -0.2) is 0 Å². The predicted octanol–water partition coefficient (Wildman–Crippen LogP) is 5.22. The fourth-order valence-electron chi connectivity index (χ4n) is 3.05. The molecule has 29 heavy (non-hydrogen) atoms. The van der Waals surface area contributed by atoms with Crippen LogP contribution in [0.4, 0.5) is 11.4 Å². The number of carbonyl (C=O) groups excluding carboxylic acids is 2. The molecule has 3 aromatic rings. The van der Waals surface area contributed by atoms with Crippen LogP contribution >= 0.6 is 11.8 Å². The van der Waals surface area contributed by atoms with Crippen LogP contribution in [0.3, 0.4) is 0 Å². The van der Waals surface area contributed by atoms with E-state index < -0.39 is 0 Å². The number of fused-ring (bicyclic) bond motifs is 2. The third kappa shape index (κ3) is 4.60. The van der Waals surface area contributed by atoms with Gasteiger partial charge >= 0.3 is 0 Å². The molecule has 0 spiro atoms. The molecule has 5 nitrogen and oxygen atoms in total. The molecule has 0 aliphatic carbocycles. The summed E-state index contributed by atoms with van der Waals surface area (Å²) in [5.41, 5.74) is 3.79. The molecule has 0 unspecified atom stereocenters. The number of hydrogen-bond acceptors (Lipinski definition) is 4. The van der Waals surface area contributed by atoms with Crippen molar-refractivity contribution in [2.24, 2.45) is 0 Å². The van der Waals surface area contributed by atoms with Crippen molar-refractivity contribution in [2.75, 3.05) is 16.4 Å². The Morgan fingerprint density at radius 1 is 1.03 bits per heavy atom. The largest absolute Gasteiger partial charge is 0.454 e. The molecule has 0 atom stereocenters. The van der Waals surface area contributed by atoms with E-state index in [1.165, 1.54) is 5.56 Å². The number of aryl methyl sites for hydroxylation is 1. The lowest BCUT2D eigenvalue weighted by Crippen LogP contribution is -2.15. The molecule has 0 aromatic heterocycles. The third-order valence-electron chi connectivity index (χ3n) is 4.46. The van der Waals surface area contributed by atoms with Crippen LogP contribution in [0.5, 0.6) is 11.5 Å². The maximum absolute atomic E-state index is 12.6. The maximum atomic E-state index is 12.6. The fourth-order valence-corrected chi connectivity index (χ4v) is 3.83. The van der Waals surface area contributed by atoms with E-state index in [-0.39, 0.29) is 11.8 Å². The molecule has 0 radical (unpaired) electrons. The average molecular weight is 404 g/mol. The van der Waals surface area contributed by atoms with E-state index in [2.05, 4.69) is 10.6 Å². The second-order valence-corrected chi connectivity index (χ2v) is 7.78. The molecular formula is C23H20N2O3S. The van der Waals surface area contributed by atoms with Crippen LogP contribution in [0.15, 0.2) is 66.7 Å². The summed E-state index contributed by atoms with van der Waals surface area (Å²) in [6.07, 6.45) is 0. The Labute approximate surface area is 173 Å². The van der Waals surface area contributed by atoms with Crippen molar-refractivity contribution in [3.63, 3.8) is 0 Å². The summed E-state index contributed by atoms with van der Waals surface area (Å²) in [6.45, 7) is 1.95. The number of anilines is 2. The SMILES string of the molecule is Cc1ccc2c(c1)NC(=O)c1cc(NC(=O)CSCc3ccccc3)ccc1O2. The molecule has 6 heteroatoms. The number of thioether (sulfide) groups is 1. The minimum Gasteiger partial charge on any atom is -0.454 e.